The number of rotatable bonds is 21. The molecule has 9 N–H and O–H groups in total. The van der Waals surface area contributed by atoms with Crippen molar-refractivity contribution in [2.75, 3.05) is 49.1 Å². The largest absolute Gasteiger partial charge is 0.490 e. The zero-order valence-electron chi connectivity index (χ0n) is 81.9. The minimum Gasteiger partial charge on any atom is -0.490 e. The molecule has 1 aliphatic carbocycles. The number of anilines is 4. The number of nitrogens with two attached hydrogens (primary N) is 4. The first-order chi connectivity index (χ1) is 64.4. The molecule has 16 rings (SSSR count). The topological polar surface area (TPSA) is 361 Å². The number of ether oxygens (including phenoxy) is 5. The van der Waals surface area contributed by atoms with E-state index < -0.39 is 64.0 Å². The number of aromatic nitrogens is 12. The summed E-state index contributed by atoms with van der Waals surface area (Å²) in [5.74, 6) is -1.23. The average Bonchev–Trinajstić information content (AvgIpc) is 1.16. The summed E-state index contributed by atoms with van der Waals surface area (Å²) in [4.78, 5) is 94.9. The number of benzene rings is 4. The van der Waals surface area contributed by atoms with Gasteiger partial charge in [-0.15, -0.1) is 0 Å². The van der Waals surface area contributed by atoms with E-state index in [4.69, 9.17) is 113 Å². The number of carbonyl (C=O) groups is 4. The molecular weight excluding hydrogens is 1840 g/mol. The fourth-order valence-corrected chi connectivity index (χ4v) is 19.8. The molecule has 0 bridgehead atoms. The lowest BCUT2D eigenvalue weighted by Gasteiger charge is -2.47. The Morgan fingerprint density at radius 2 is 0.693 bits per heavy atom. The van der Waals surface area contributed by atoms with Crippen LogP contribution in [-0.4, -0.2) is 176 Å². The van der Waals surface area contributed by atoms with E-state index in [1.54, 1.807) is 70.3 Å². The summed E-state index contributed by atoms with van der Waals surface area (Å²) in [6.07, 6.45) is 18.8. The molecule has 8 aromatic heterocycles. The van der Waals surface area contributed by atoms with Crippen molar-refractivity contribution < 1.29 is 60.4 Å². The van der Waals surface area contributed by atoms with Crippen LogP contribution >= 0.6 is 46.4 Å². The van der Waals surface area contributed by atoms with E-state index in [0.29, 0.717) is 129 Å². The second kappa shape index (κ2) is 41.3. The van der Waals surface area contributed by atoms with Crippen LogP contribution in [0.5, 0.6) is 23.0 Å². The van der Waals surface area contributed by atoms with Gasteiger partial charge in [-0.3, -0.25) is 36.8 Å². The predicted octanol–water partition coefficient (Wildman–Crippen LogP) is 20.6. The lowest BCUT2D eigenvalue weighted by Crippen LogP contribution is -2.58. The number of nitrogen functional groups attached to an aromatic ring is 4. The Balaban J connectivity index is 0.000000155. The molecular formula is C100H124Cl4F4N20O9. The molecule has 12 aromatic rings. The first-order valence-electron chi connectivity index (χ1n) is 46.5. The maximum absolute atomic E-state index is 15.7. The van der Waals surface area contributed by atoms with E-state index in [0.717, 1.165) is 62.0 Å². The lowest BCUT2D eigenvalue weighted by atomic mass is 9.93. The van der Waals surface area contributed by atoms with Gasteiger partial charge in [-0.25, -0.2) is 57.4 Å². The summed E-state index contributed by atoms with van der Waals surface area (Å²) >= 11 is 25.4. The summed E-state index contributed by atoms with van der Waals surface area (Å²) < 4.78 is 99.9. The molecule has 0 spiro atoms. The minimum absolute atomic E-state index is 0.00762. The Labute approximate surface area is 815 Å². The number of nitrogens with one attached hydrogen (secondary N) is 1. The van der Waals surface area contributed by atoms with Crippen LogP contribution in [0.15, 0.2) is 73.8 Å². The van der Waals surface area contributed by atoms with Crippen LogP contribution in [0.25, 0.3) is 22.1 Å². The Morgan fingerprint density at radius 3 is 0.978 bits per heavy atom. The number of aryl methyl sites for hydroxylation is 4. The zero-order valence-corrected chi connectivity index (χ0v) is 84.9. The third kappa shape index (κ3) is 21.2. The standard InChI is InChI=1S/C27H35ClFN5O3.C26H33ClFN5O2.C24H29ClFN5O2.C23H27ClFN5O2/c1-14(2)36-22-17(15(3)24-32-16(4)21-23(30)31-9-10-34(21)24)11-18(28)20(29)19(22)25(35)33-12-26(5,6)37-27(7,8)13-33;1-13(2)35-23-18(16(5)25-31-17(6)22-24(29)30-10-11-32(22)25)12-19(27)21(28)20(23)26(34)33-14(3)8-7-9-15(33)4;1-13(2)33-21-16(14(3)23-29-15(4)20-22(27)28-8-11-31(20)23)12-17(25)19(26)18(21)24(32)30-9-6-5-7-10-30;1-10(2)32-20-14(9-15(24)18(25)17(20)23(31)29-16-8-11(16)3)12(4)22-28-13(5)19-21(26)27-6-7-30(19)22/h9-11,14-15H,12-13H2,1-8H3,(H2,30,31);10-16H,7-9H2,1-6H3,(H2,29,30);8,11-14H,5-7,9-10H2,1-4H3,(H2,27,28);6-7,9-12,16H,8H2,1-5H3,(H2,26,27)(H,29,31). The molecule has 734 valence electrons. The molecule has 4 aromatic carbocycles. The molecule has 3 aliphatic heterocycles. The van der Waals surface area contributed by atoms with E-state index >= 15 is 17.6 Å². The van der Waals surface area contributed by atoms with Crippen LogP contribution in [-0.2, 0) is 4.74 Å². The van der Waals surface area contributed by atoms with Crippen molar-refractivity contribution in [3.8, 4) is 23.0 Å². The number of halogens is 8. The highest BCUT2D eigenvalue weighted by Crippen LogP contribution is 2.48. The molecule has 0 radical (unpaired) electrons. The van der Waals surface area contributed by atoms with Crippen LogP contribution in [0, 0.1) is 56.9 Å². The number of carbonyl (C=O) groups excluding carboxylic acids is 4. The number of nitrogens with zero attached hydrogens (tertiary/aromatic N) is 15. The number of imidazole rings is 4. The molecule has 8 atom stereocenters. The molecule has 1 saturated carbocycles. The normalized spacial score (nSPS) is 17.8. The molecule has 4 amide bonds. The first kappa shape index (κ1) is 103. The zero-order chi connectivity index (χ0) is 100. The summed E-state index contributed by atoms with van der Waals surface area (Å²) in [5.41, 5.74) is 30.6. The van der Waals surface area contributed by atoms with Gasteiger partial charge in [0.15, 0.2) is 23.3 Å². The van der Waals surface area contributed by atoms with Crippen LogP contribution in [0.1, 0.15) is 310 Å². The van der Waals surface area contributed by atoms with E-state index in [9.17, 15) is 19.2 Å². The van der Waals surface area contributed by atoms with Gasteiger partial charge >= 0.3 is 0 Å². The van der Waals surface area contributed by atoms with Gasteiger partial charge in [-0.2, -0.15) is 0 Å². The van der Waals surface area contributed by atoms with Crippen LogP contribution < -0.4 is 47.2 Å². The summed E-state index contributed by atoms with van der Waals surface area (Å²) in [5, 5.41) is 2.34. The second-order valence-electron chi connectivity index (χ2n) is 38.5. The Bertz CT molecular complexity index is 6580. The SMILES string of the molecule is Cc1nc(C(C)c2cc(Cl)c(F)c(C(=O)N3C(C)CCCC3C)c2OC(C)C)n2ccnc(N)c12.Cc1nc(C(C)c2cc(Cl)c(F)c(C(=O)N3CC(C)(C)OC(C)(C)C3)c2OC(C)C)n2ccnc(N)c12.Cc1nc(C(C)c2cc(Cl)c(F)c(C(=O)N3CCCCC3)c2OC(C)C)n2ccnc(N)c12.Cc1nc(C(C)c2cc(Cl)c(F)c(C(=O)NC3CC3C)c2OC(C)C)n2ccnc(N)c12. The van der Waals surface area contributed by atoms with Crippen molar-refractivity contribution in [1.29, 1.82) is 0 Å². The van der Waals surface area contributed by atoms with E-state index in [-0.39, 0.29) is 126 Å². The van der Waals surface area contributed by atoms with Gasteiger partial charge in [0.05, 0.1) is 78.5 Å². The smallest absolute Gasteiger partial charge is 0.261 e. The van der Waals surface area contributed by atoms with Crippen molar-refractivity contribution in [2.45, 2.75) is 282 Å². The molecule has 8 unspecified atom stereocenters. The third-order valence-electron chi connectivity index (χ3n) is 25.1. The summed E-state index contributed by atoms with van der Waals surface area (Å²) in [6, 6.07) is 6.12. The molecule has 11 heterocycles. The Kier molecular flexibility index (Phi) is 31.0. The van der Waals surface area contributed by atoms with Gasteiger partial charge in [0, 0.05) is 140 Å². The molecule has 29 nitrogen and oxygen atoms in total. The number of fused-ring (bicyclic) bond motifs is 4. The highest BCUT2D eigenvalue weighted by atomic mass is 35.5. The fraction of sp³-hybridized carbons (Fsp3) is 0.480. The van der Waals surface area contributed by atoms with Gasteiger partial charge in [-0.05, 0) is 200 Å². The van der Waals surface area contributed by atoms with Crippen molar-refractivity contribution in [1.82, 2.24) is 77.5 Å². The molecule has 4 aliphatic rings. The molecule has 4 fully saturated rings. The number of hydrogen-bond donors (Lipinski definition) is 5. The first-order valence-corrected chi connectivity index (χ1v) is 48.0. The Hall–Kier alpha value is -11.5. The average molecular weight is 1970 g/mol. The molecule has 3 saturated heterocycles. The quantitative estimate of drug-likeness (QED) is 0.0417. The number of hydrogen-bond acceptors (Lipinski definition) is 21. The molecule has 37 heteroatoms. The summed E-state index contributed by atoms with van der Waals surface area (Å²) in [6.45, 7) is 45.3. The van der Waals surface area contributed by atoms with Crippen molar-refractivity contribution in [3.63, 3.8) is 0 Å². The highest BCUT2D eigenvalue weighted by molar-refractivity contribution is 6.32. The highest BCUT2D eigenvalue weighted by Gasteiger charge is 2.45. The third-order valence-corrected chi connectivity index (χ3v) is 26.2. The Morgan fingerprint density at radius 1 is 0.423 bits per heavy atom. The minimum atomic E-state index is -0.807. The summed E-state index contributed by atoms with van der Waals surface area (Å²) in [7, 11) is 0. The molecule has 137 heavy (non-hydrogen) atoms. The van der Waals surface area contributed by atoms with Crippen molar-refractivity contribution in [2.24, 2.45) is 5.92 Å². The number of likely N-dealkylation sites (tertiary alicyclic amines) is 2. The monoisotopic (exact) mass is 1960 g/mol. The van der Waals surface area contributed by atoms with Crippen molar-refractivity contribution >= 4 is 115 Å². The predicted molar refractivity (Wildman–Crippen MR) is 526 cm³/mol. The number of piperidine rings is 2. The van der Waals surface area contributed by atoms with E-state index in [1.165, 1.54) is 18.2 Å². The van der Waals surface area contributed by atoms with Gasteiger partial charge < -0.3 is 66.6 Å². The van der Waals surface area contributed by atoms with Gasteiger partial charge in [-0.1, -0.05) is 81.0 Å². The van der Waals surface area contributed by atoms with E-state index in [1.807, 2.05) is 177 Å². The van der Waals surface area contributed by atoms with Gasteiger partial charge in [0.1, 0.15) is 114 Å². The maximum atomic E-state index is 15.7. The lowest BCUT2D eigenvalue weighted by molar-refractivity contribution is -0.171. The number of amides is 4. The van der Waals surface area contributed by atoms with Gasteiger partial charge in [0.2, 0.25) is 0 Å². The van der Waals surface area contributed by atoms with Gasteiger partial charge in [0.25, 0.3) is 23.6 Å². The van der Waals surface area contributed by atoms with Crippen LogP contribution in [0.2, 0.25) is 20.1 Å². The van der Waals surface area contributed by atoms with Crippen molar-refractivity contribution in [3.05, 3.63) is 208 Å². The fourth-order valence-electron chi connectivity index (χ4n) is 18.9. The van der Waals surface area contributed by atoms with E-state index in [2.05, 4.69) is 25.3 Å². The van der Waals surface area contributed by atoms with Crippen LogP contribution in [0.4, 0.5) is 40.8 Å². The van der Waals surface area contributed by atoms with Crippen LogP contribution in [0.3, 0.4) is 0 Å². The second-order valence-corrected chi connectivity index (χ2v) is 40.2. The number of morpholine rings is 1. The maximum Gasteiger partial charge on any atom is 0.261 e.